The fraction of sp³-hybridized carbons (Fsp3) is 0.222. The van der Waals surface area contributed by atoms with Crippen molar-refractivity contribution in [3.63, 3.8) is 0 Å². The monoisotopic (exact) mass is 232 g/mol. The molecule has 1 rings (SSSR count). The van der Waals surface area contributed by atoms with Crippen molar-refractivity contribution < 1.29 is 4.79 Å². The minimum atomic E-state index is -0.279. The van der Waals surface area contributed by atoms with Gasteiger partial charge in [-0.05, 0) is 23.7 Å². The lowest BCUT2D eigenvalue weighted by molar-refractivity contribution is -0.109. The Bertz CT molecular complexity index is 264. The third kappa shape index (κ3) is 5.24. The van der Waals surface area contributed by atoms with Crippen LogP contribution in [-0.2, 0) is 4.79 Å². The second-order valence-electron chi connectivity index (χ2n) is 2.28. The van der Waals surface area contributed by atoms with Gasteiger partial charge in [-0.3, -0.25) is 4.79 Å². The van der Waals surface area contributed by atoms with Gasteiger partial charge in [-0.15, -0.1) is 23.5 Å². The molecule has 0 aromatic heterocycles. The number of halogens is 1. The molecular weight excluding hydrogens is 224 g/mol. The van der Waals surface area contributed by atoms with E-state index in [0.717, 1.165) is 5.08 Å². The molecule has 0 atom stereocenters. The van der Waals surface area contributed by atoms with Crippen molar-refractivity contribution in [2.45, 2.75) is 4.90 Å². The van der Waals surface area contributed by atoms with Crippen LogP contribution in [0.1, 0.15) is 0 Å². The van der Waals surface area contributed by atoms with E-state index in [1.807, 2.05) is 30.3 Å². The molecule has 70 valence electrons. The molecule has 1 nitrogen and oxygen atoms in total. The summed E-state index contributed by atoms with van der Waals surface area (Å²) in [5.74, 6) is 0.390. The summed E-state index contributed by atoms with van der Waals surface area (Å²) in [6.45, 7) is 0. The molecule has 1 aromatic rings. The number of thioether (sulfide) groups is 2. The molecule has 0 amide bonds. The number of rotatable bonds is 5. The number of hydrogen-bond donors (Lipinski definition) is 0. The summed E-state index contributed by atoms with van der Waals surface area (Å²) >= 11 is 8.44. The molecule has 13 heavy (non-hydrogen) atoms. The topological polar surface area (TPSA) is 17.1 Å². The molecule has 0 saturated carbocycles. The molecule has 0 N–H and O–H groups in total. The van der Waals surface area contributed by atoms with E-state index in [9.17, 15) is 4.79 Å². The Kier molecular flexibility index (Phi) is 5.35. The van der Waals surface area contributed by atoms with Gasteiger partial charge in [0, 0.05) is 9.98 Å². The van der Waals surface area contributed by atoms with Crippen LogP contribution in [-0.4, -0.2) is 16.1 Å². The third-order valence-electron chi connectivity index (χ3n) is 1.27. The van der Waals surface area contributed by atoms with Crippen molar-refractivity contribution in [3.05, 3.63) is 30.3 Å². The molecule has 0 radical (unpaired) electrons. The van der Waals surface area contributed by atoms with Gasteiger partial charge in [0.2, 0.25) is 5.24 Å². The first-order valence-corrected chi connectivity index (χ1v) is 6.25. The molecule has 0 heterocycles. The lowest BCUT2D eigenvalue weighted by atomic mass is 10.4. The van der Waals surface area contributed by atoms with Crippen molar-refractivity contribution >= 4 is 40.4 Å². The summed E-state index contributed by atoms with van der Waals surface area (Å²) in [4.78, 5) is 11.6. The standard InChI is InChI=1S/C9H9ClOS2/c10-9(11)6-12-7-13-8-4-2-1-3-5-8/h1-5H,6-7H2. The van der Waals surface area contributed by atoms with Gasteiger partial charge in [-0.25, -0.2) is 0 Å². The van der Waals surface area contributed by atoms with Crippen LogP contribution in [0.25, 0.3) is 0 Å². The molecule has 0 spiro atoms. The molecule has 0 aliphatic rings. The van der Waals surface area contributed by atoms with E-state index in [1.54, 1.807) is 11.8 Å². The van der Waals surface area contributed by atoms with E-state index in [4.69, 9.17) is 11.6 Å². The highest BCUT2D eigenvalue weighted by molar-refractivity contribution is 8.16. The zero-order valence-electron chi connectivity index (χ0n) is 6.90. The van der Waals surface area contributed by atoms with Gasteiger partial charge in [0.15, 0.2) is 0 Å². The van der Waals surface area contributed by atoms with Gasteiger partial charge in [-0.2, -0.15) is 0 Å². The summed E-state index contributed by atoms with van der Waals surface area (Å²) in [6, 6.07) is 10.1. The first-order valence-electron chi connectivity index (χ1n) is 3.73. The van der Waals surface area contributed by atoms with E-state index >= 15 is 0 Å². The molecular formula is C9H9ClOS2. The minimum absolute atomic E-state index is 0.279. The maximum atomic E-state index is 10.4. The third-order valence-corrected chi connectivity index (χ3v) is 3.77. The van der Waals surface area contributed by atoms with Gasteiger partial charge in [-0.1, -0.05) is 18.2 Å². The van der Waals surface area contributed by atoms with Crippen LogP contribution in [0.15, 0.2) is 35.2 Å². The predicted octanol–water partition coefficient (Wildman–Crippen LogP) is 3.23. The van der Waals surface area contributed by atoms with E-state index in [-0.39, 0.29) is 5.24 Å². The zero-order chi connectivity index (χ0) is 9.52. The number of hydrogen-bond acceptors (Lipinski definition) is 3. The van der Waals surface area contributed by atoms with Crippen LogP contribution in [0, 0.1) is 0 Å². The van der Waals surface area contributed by atoms with Crippen LogP contribution < -0.4 is 0 Å². The first-order chi connectivity index (χ1) is 6.29. The van der Waals surface area contributed by atoms with Crippen LogP contribution in [0.3, 0.4) is 0 Å². The van der Waals surface area contributed by atoms with Gasteiger partial charge >= 0.3 is 0 Å². The summed E-state index contributed by atoms with van der Waals surface area (Å²) < 4.78 is 0. The first kappa shape index (κ1) is 11.0. The van der Waals surface area contributed by atoms with Crippen LogP contribution in [0.5, 0.6) is 0 Å². The minimum Gasteiger partial charge on any atom is -0.280 e. The van der Waals surface area contributed by atoms with Crippen molar-refractivity contribution in [2.75, 3.05) is 10.8 Å². The molecule has 4 heteroatoms. The number of carbonyl (C=O) groups is 1. The van der Waals surface area contributed by atoms with E-state index in [0.29, 0.717) is 5.75 Å². The second kappa shape index (κ2) is 6.35. The van der Waals surface area contributed by atoms with E-state index < -0.39 is 0 Å². The van der Waals surface area contributed by atoms with Crippen LogP contribution >= 0.6 is 35.1 Å². The Labute approximate surface area is 91.2 Å². The fourth-order valence-electron chi connectivity index (χ4n) is 0.748. The van der Waals surface area contributed by atoms with Gasteiger partial charge in [0.25, 0.3) is 0 Å². The Morgan fingerprint density at radius 3 is 2.62 bits per heavy atom. The van der Waals surface area contributed by atoms with Crippen molar-refractivity contribution in [3.8, 4) is 0 Å². The zero-order valence-corrected chi connectivity index (χ0v) is 9.29. The van der Waals surface area contributed by atoms with Gasteiger partial charge < -0.3 is 0 Å². The maximum absolute atomic E-state index is 10.4. The molecule has 0 bridgehead atoms. The lowest BCUT2D eigenvalue weighted by Crippen LogP contribution is -1.89. The van der Waals surface area contributed by atoms with Crippen molar-refractivity contribution in [1.29, 1.82) is 0 Å². The smallest absolute Gasteiger partial charge is 0.231 e. The molecule has 0 saturated heterocycles. The molecule has 0 aliphatic heterocycles. The van der Waals surface area contributed by atoms with E-state index in [2.05, 4.69) is 0 Å². The normalized spacial score (nSPS) is 9.92. The SMILES string of the molecule is O=C(Cl)CSCSc1ccccc1. The molecule has 0 fully saturated rings. The highest BCUT2D eigenvalue weighted by atomic mass is 35.5. The highest BCUT2D eigenvalue weighted by Crippen LogP contribution is 2.21. The molecule has 0 aliphatic carbocycles. The summed E-state index contributed by atoms with van der Waals surface area (Å²) in [5.41, 5.74) is 0. The van der Waals surface area contributed by atoms with Gasteiger partial charge in [0.1, 0.15) is 0 Å². The molecule has 0 unspecified atom stereocenters. The van der Waals surface area contributed by atoms with E-state index in [1.165, 1.54) is 16.7 Å². The van der Waals surface area contributed by atoms with Crippen LogP contribution in [0.4, 0.5) is 0 Å². The predicted molar refractivity (Wildman–Crippen MR) is 60.5 cm³/mol. The van der Waals surface area contributed by atoms with Gasteiger partial charge in [0.05, 0.1) is 5.75 Å². The quantitative estimate of drug-likeness (QED) is 0.336. The summed E-state index contributed by atoms with van der Waals surface area (Å²) in [7, 11) is 0. The second-order valence-corrected chi connectivity index (χ2v) is 5.10. The van der Waals surface area contributed by atoms with Crippen molar-refractivity contribution in [2.24, 2.45) is 0 Å². The maximum Gasteiger partial charge on any atom is 0.231 e. The number of carbonyl (C=O) groups excluding carboxylic acids is 1. The summed E-state index contributed by atoms with van der Waals surface area (Å²) in [6.07, 6.45) is 0. The Balaban J connectivity index is 2.17. The summed E-state index contributed by atoms with van der Waals surface area (Å²) in [5, 5.41) is 0.585. The van der Waals surface area contributed by atoms with Crippen LogP contribution in [0.2, 0.25) is 0 Å². The average molecular weight is 233 g/mol. The Morgan fingerprint density at radius 1 is 1.31 bits per heavy atom. The highest BCUT2D eigenvalue weighted by Gasteiger charge is 1.96. The van der Waals surface area contributed by atoms with Crippen molar-refractivity contribution in [1.82, 2.24) is 0 Å². The average Bonchev–Trinajstić information content (AvgIpc) is 2.14. The lowest BCUT2D eigenvalue weighted by Gasteiger charge is -1.98. The largest absolute Gasteiger partial charge is 0.280 e. The Hall–Kier alpha value is -0.120. The molecule has 1 aromatic carbocycles. The number of benzene rings is 1. The fourth-order valence-corrected chi connectivity index (χ4v) is 2.70. The Morgan fingerprint density at radius 2 is 2.00 bits per heavy atom.